The summed E-state index contributed by atoms with van der Waals surface area (Å²) in [5, 5.41) is 24.3. The van der Waals surface area contributed by atoms with Gasteiger partial charge in [-0.05, 0) is 25.3 Å². The molecule has 3 heterocycles. The van der Waals surface area contributed by atoms with E-state index in [1.54, 1.807) is 12.3 Å². The molecule has 0 bridgehead atoms. The van der Waals surface area contributed by atoms with E-state index in [-0.39, 0.29) is 18.1 Å². The summed E-state index contributed by atoms with van der Waals surface area (Å²) >= 11 is 6.01. The van der Waals surface area contributed by atoms with Crippen molar-refractivity contribution < 1.29 is 14.6 Å². The zero-order chi connectivity index (χ0) is 19.2. The van der Waals surface area contributed by atoms with Gasteiger partial charge in [-0.25, -0.2) is 19.3 Å². The summed E-state index contributed by atoms with van der Waals surface area (Å²) in [4.78, 5) is 15.5. The lowest BCUT2D eigenvalue weighted by Crippen LogP contribution is -2.60. The van der Waals surface area contributed by atoms with Crippen molar-refractivity contribution in [1.82, 2.24) is 19.9 Å². The van der Waals surface area contributed by atoms with E-state index in [1.807, 2.05) is 0 Å². The Morgan fingerprint density at radius 3 is 3.00 bits per heavy atom. The molecule has 0 radical (unpaired) electrons. The number of nitrogens with zero attached hydrogens (tertiary/aromatic N) is 3. The number of anilines is 1. The van der Waals surface area contributed by atoms with Gasteiger partial charge in [0.1, 0.15) is 17.5 Å². The first-order chi connectivity index (χ1) is 12.8. The summed E-state index contributed by atoms with van der Waals surface area (Å²) < 4.78 is 14.3. The Kier molecular flexibility index (Phi) is 4.47. The summed E-state index contributed by atoms with van der Waals surface area (Å²) in [7, 11) is 0. The number of hydrogen-bond acceptors (Lipinski definition) is 7. The summed E-state index contributed by atoms with van der Waals surface area (Å²) in [5.74, 6) is -0.485. The van der Waals surface area contributed by atoms with Crippen molar-refractivity contribution >= 4 is 28.5 Å². The van der Waals surface area contributed by atoms with Crippen molar-refractivity contribution in [2.24, 2.45) is 5.73 Å². The number of rotatable bonds is 3. The van der Waals surface area contributed by atoms with Gasteiger partial charge in [-0.3, -0.25) is 0 Å². The van der Waals surface area contributed by atoms with E-state index in [4.69, 9.17) is 17.3 Å². The van der Waals surface area contributed by atoms with Gasteiger partial charge in [0.2, 0.25) is 0 Å². The zero-order valence-corrected chi connectivity index (χ0v) is 14.9. The molecule has 3 atom stereocenters. The molecular formula is C17H18ClFN6O2. The lowest BCUT2D eigenvalue weighted by molar-refractivity contribution is -0.101. The van der Waals surface area contributed by atoms with Gasteiger partial charge in [-0.1, -0.05) is 11.6 Å². The SMILES string of the molecule is N[C@]1(O)CCC[C@@H](Nc2nc(-c3c[nH]c4ncc(Cl)cc34)ncc2F)[C@@H]1O. The van der Waals surface area contributed by atoms with E-state index in [0.717, 1.165) is 6.20 Å². The molecule has 1 saturated carbocycles. The Bertz CT molecular complexity index is 995. The van der Waals surface area contributed by atoms with Crippen molar-refractivity contribution in [2.45, 2.75) is 37.1 Å². The third-order valence-electron chi connectivity index (χ3n) is 4.79. The number of nitrogens with two attached hydrogens (primary N) is 1. The maximum absolute atomic E-state index is 14.3. The van der Waals surface area contributed by atoms with Crippen molar-refractivity contribution in [2.75, 3.05) is 5.32 Å². The Balaban J connectivity index is 1.68. The van der Waals surface area contributed by atoms with Crippen LogP contribution in [0.1, 0.15) is 19.3 Å². The number of H-pyrrole nitrogens is 1. The van der Waals surface area contributed by atoms with E-state index < -0.39 is 23.7 Å². The highest BCUT2D eigenvalue weighted by molar-refractivity contribution is 6.31. The average molecular weight is 393 g/mol. The highest BCUT2D eigenvalue weighted by Crippen LogP contribution is 2.30. The maximum Gasteiger partial charge on any atom is 0.183 e. The quantitative estimate of drug-likeness (QED) is 0.429. The molecule has 3 aromatic heterocycles. The molecule has 0 aliphatic heterocycles. The molecule has 1 aliphatic rings. The number of pyridine rings is 1. The van der Waals surface area contributed by atoms with Crippen molar-refractivity contribution in [3.05, 3.63) is 35.5 Å². The second-order valence-corrected chi connectivity index (χ2v) is 7.16. The topological polar surface area (TPSA) is 133 Å². The van der Waals surface area contributed by atoms with E-state index in [2.05, 4.69) is 25.3 Å². The van der Waals surface area contributed by atoms with Gasteiger partial charge in [0.15, 0.2) is 17.5 Å². The lowest BCUT2D eigenvalue weighted by Gasteiger charge is -2.39. The highest BCUT2D eigenvalue weighted by Gasteiger charge is 2.40. The fourth-order valence-corrected chi connectivity index (χ4v) is 3.50. The van der Waals surface area contributed by atoms with Gasteiger partial charge in [0, 0.05) is 23.3 Å². The molecule has 0 aromatic carbocycles. The first-order valence-corrected chi connectivity index (χ1v) is 8.84. The summed E-state index contributed by atoms with van der Waals surface area (Å²) in [5.41, 5.74) is 5.20. The molecule has 6 N–H and O–H groups in total. The molecule has 0 unspecified atom stereocenters. The third-order valence-corrected chi connectivity index (χ3v) is 5.00. The van der Waals surface area contributed by atoms with Gasteiger partial charge in [-0.2, -0.15) is 0 Å². The molecule has 0 amide bonds. The normalized spacial score (nSPS) is 25.7. The molecule has 1 fully saturated rings. The van der Waals surface area contributed by atoms with Crippen LogP contribution in [0.15, 0.2) is 24.7 Å². The number of aliphatic hydroxyl groups is 2. The minimum Gasteiger partial charge on any atom is -0.387 e. The lowest BCUT2D eigenvalue weighted by atomic mass is 9.85. The zero-order valence-electron chi connectivity index (χ0n) is 14.2. The summed E-state index contributed by atoms with van der Waals surface area (Å²) in [6.07, 6.45) is 4.36. The van der Waals surface area contributed by atoms with Crippen LogP contribution in [0.4, 0.5) is 10.2 Å². The number of aromatic amines is 1. The molecule has 1 aliphatic carbocycles. The number of hydrogen-bond donors (Lipinski definition) is 5. The van der Waals surface area contributed by atoms with Crippen LogP contribution < -0.4 is 11.1 Å². The van der Waals surface area contributed by atoms with Crippen LogP contribution in [0.3, 0.4) is 0 Å². The molecule has 27 heavy (non-hydrogen) atoms. The van der Waals surface area contributed by atoms with Gasteiger partial charge in [-0.15, -0.1) is 0 Å². The maximum atomic E-state index is 14.3. The van der Waals surface area contributed by atoms with E-state index in [9.17, 15) is 14.6 Å². The van der Waals surface area contributed by atoms with Crippen molar-refractivity contribution in [3.63, 3.8) is 0 Å². The van der Waals surface area contributed by atoms with Crippen LogP contribution in [0.25, 0.3) is 22.4 Å². The fraction of sp³-hybridized carbons (Fsp3) is 0.353. The van der Waals surface area contributed by atoms with Gasteiger partial charge >= 0.3 is 0 Å². The molecule has 0 saturated heterocycles. The Hall–Kier alpha value is -2.33. The summed E-state index contributed by atoms with van der Waals surface area (Å²) in [6, 6.07) is 1.08. The van der Waals surface area contributed by atoms with E-state index >= 15 is 0 Å². The minimum atomic E-state index is -1.72. The first-order valence-electron chi connectivity index (χ1n) is 8.46. The smallest absolute Gasteiger partial charge is 0.183 e. The number of halogens is 2. The number of fused-ring (bicyclic) bond motifs is 1. The van der Waals surface area contributed by atoms with Gasteiger partial charge in [0.05, 0.1) is 17.3 Å². The predicted molar refractivity (Wildman–Crippen MR) is 98.5 cm³/mol. The van der Waals surface area contributed by atoms with Crippen molar-refractivity contribution in [3.8, 4) is 11.4 Å². The van der Waals surface area contributed by atoms with Crippen LogP contribution >= 0.6 is 11.6 Å². The second kappa shape index (κ2) is 6.68. The Morgan fingerprint density at radius 2 is 2.19 bits per heavy atom. The molecule has 10 heteroatoms. The molecular weight excluding hydrogens is 375 g/mol. The van der Waals surface area contributed by atoms with Crippen LogP contribution in [0.5, 0.6) is 0 Å². The number of nitrogens with one attached hydrogen (secondary N) is 2. The van der Waals surface area contributed by atoms with Crippen LogP contribution in [-0.2, 0) is 0 Å². The van der Waals surface area contributed by atoms with E-state index in [1.165, 1.54) is 6.20 Å². The summed E-state index contributed by atoms with van der Waals surface area (Å²) in [6.45, 7) is 0. The van der Waals surface area contributed by atoms with Gasteiger partial charge < -0.3 is 26.2 Å². The highest BCUT2D eigenvalue weighted by atomic mass is 35.5. The Labute approximate surface area is 158 Å². The fourth-order valence-electron chi connectivity index (χ4n) is 3.35. The predicted octanol–water partition coefficient (Wildman–Crippen LogP) is 1.78. The molecule has 8 nitrogen and oxygen atoms in total. The average Bonchev–Trinajstić information content (AvgIpc) is 3.04. The molecule has 3 aromatic rings. The van der Waals surface area contributed by atoms with Crippen LogP contribution in [-0.4, -0.2) is 48.0 Å². The molecule has 4 rings (SSSR count). The molecule has 142 valence electrons. The Morgan fingerprint density at radius 1 is 1.37 bits per heavy atom. The van der Waals surface area contributed by atoms with E-state index in [0.29, 0.717) is 34.5 Å². The monoisotopic (exact) mass is 392 g/mol. The minimum absolute atomic E-state index is 0.0777. The standard InChI is InChI=1S/C17H18ClFN6O2/c18-8-4-9-10(6-22-14(9)21-5-8)15-23-7-11(19)16(25-15)24-12-2-1-3-17(20,27)13(12)26/h4-7,12-13,26-27H,1-3,20H2,(H,21,22)(H,23,24,25)/t12-,13+,17+/m1/s1. The number of aromatic nitrogens is 4. The van der Waals surface area contributed by atoms with Gasteiger partial charge in [0.25, 0.3) is 0 Å². The first kappa shape index (κ1) is 18.1. The van der Waals surface area contributed by atoms with Crippen molar-refractivity contribution in [1.29, 1.82) is 0 Å². The largest absolute Gasteiger partial charge is 0.387 e. The molecule has 0 spiro atoms. The third kappa shape index (κ3) is 3.34. The second-order valence-electron chi connectivity index (χ2n) is 6.72. The van der Waals surface area contributed by atoms with Crippen LogP contribution in [0.2, 0.25) is 5.02 Å². The number of aliphatic hydroxyl groups excluding tert-OH is 1. The van der Waals surface area contributed by atoms with Crippen LogP contribution in [0, 0.1) is 5.82 Å².